The number of nitrogens with zero attached hydrogens (tertiary/aromatic N) is 1. The number of rotatable bonds is 7. The molecule has 96 valence electrons. The first-order valence-corrected chi connectivity index (χ1v) is 6.78. The van der Waals surface area contributed by atoms with Crippen molar-refractivity contribution in [3.05, 3.63) is 34.3 Å². The van der Waals surface area contributed by atoms with Crippen molar-refractivity contribution in [2.45, 2.75) is 39.8 Å². The van der Waals surface area contributed by atoms with E-state index >= 15 is 0 Å². The second kappa shape index (κ2) is 7.70. The van der Waals surface area contributed by atoms with Crippen molar-refractivity contribution in [2.75, 3.05) is 13.1 Å². The maximum Gasteiger partial charge on any atom is 0.0454 e. The lowest BCUT2D eigenvalue weighted by atomic mass is 10.1. The summed E-state index contributed by atoms with van der Waals surface area (Å²) in [6, 6.07) is 6.14. The minimum Gasteiger partial charge on any atom is -0.326 e. The fourth-order valence-electron chi connectivity index (χ4n) is 1.82. The van der Waals surface area contributed by atoms with Gasteiger partial charge < -0.3 is 5.73 Å². The van der Waals surface area contributed by atoms with Gasteiger partial charge in [-0.15, -0.1) is 0 Å². The fourth-order valence-corrected chi connectivity index (χ4v) is 2.08. The monoisotopic (exact) mass is 254 g/mol. The molecule has 0 radical (unpaired) electrons. The van der Waals surface area contributed by atoms with Crippen LogP contribution < -0.4 is 5.73 Å². The third-order valence-electron chi connectivity index (χ3n) is 3.02. The Kier molecular flexibility index (Phi) is 6.56. The van der Waals surface area contributed by atoms with E-state index in [-0.39, 0.29) is 0 Å². The van der Waals surface area contributed by atoms with Gasteiger partial charge in [0.25, 0.3) is 0 Å². The summed E-state index contributed by atoms with van der Waals surface area (Å²) in [5, 5.41) is 0.836. The molecule has 3 heteroatoms. The van der Waals surface area contributed by atoms with Crippen LogP contribution >= 0.6 is 11.6 Å². The van der Waals surface area contributed by atoms with Gasteiger partial charge >= 0.3 is 0 Å². The molecular weight excluding hydrogens is 232 g/mol. The van der Waals surface area contributed by atoms with Gasteiger partial charge in [-0.3, -0.25) is 4.90 Å². The first-order valence-electron chi connectivity index (χ1n) is 6.41. The van der Waals surface area contributed by atoms with Crippen molar-refractivity contribution in [1.29, 1.82) is 0 Å². The summed E-state index contributed by atoms with van der Waals surface area (Å²) in [4.78, 5) is 2.42. The molecule has 1 aromatic carbocycles. The molecule has 0 fully saturated rings. The summed E-state index contributed by atoms with van der Waals surface area (Å²) in [7, 11) is 0. The molecule has 17 heavy (non-hydrogen) atoms. The van der Waals surface area contributed by atoms with Gasteiger partial charge in [-0.25, -0.2) is 0 Å². The maximum atomic E-state index is 6.26. The van der Waals surface area contributed by atoms with Crippen LogP contribution in [0.5, 0.6) is 0 Å². The molecule has 0 spiro atoms. The van der Waals surface area contributed by atoms with E-state index in [2.05, 4.69) is 30.9 Å². The van der Waals surface area contributed by atoms with Crippen LogP contribution in [-0.4, -0.2) is 18.0 Å². The highest BCUT2D eigenvalue weighted by molar-refractivity contribution is 6.31. The van der Waals surface area contributed by atoms with Crippen LogP contribution in [0.4, 0.5) is 0 Å². The highest BCUT2D eigenvalue weighted by Crippen LogP contribution is 2.19. The lowest BCUT2D eigenvalue weighted by molar-refractivity contribution is 0.275. The number of nitrogens with two attached hydrogens (primary N) is 1. The van der Waals surface area contributed by atoms with Crippen LogP contribution in [0.1, 0.15) is 37.8 Å². The van der Waals surface area contributed by atoms with Crippen molar-refractivity contribution in [3.63, 3.8) is 0 Å². The van der Waals surface area contributed by atoms with Crippen molar-refractivity contribution in [3.8, 4) is 0 Å². The Morgan fingerprint density at radius 2 is 2.06 bits per heavy atom. The smallest absolute Gasteiger partial charge is 0.0454 e. The summed E-state index contributed by atoms with van der Waals surface area (Å²) in [5.74, 6) is 0. The topological polar surface area (TPSA) is 29.3 Å². The zero-order valence-corrected chi connectivity index (χ0v) is 11.6. The number of benzene rings is 1. The van der Waals surface area contributed by atoms with E-state index < -0.39 is 0 Å². The van der Waals surface area contributed by atoms with E-state index in [1.54, 1.807) is 0 Å². The van der Waals surface area contributed by atoms with Crippen LogP contribution in [0.15, 0.2) is 18.2 Å². The Bertz CT molecular complexity index is 339. The normalized spacial score (nSPS) is 11.1. The van der Waals surface area contributed by atoms with Crippen LogP contribution in [0.25, 0.3) is 0 Å². The molecule has 0 aliphatic carbocycles. The lowest BCUT2D eigenvalue weighted by Crippen LogP contribution is -2.24. The molecule has 0 amide bonds. The van der Waals surface area contributed by atoms with Crippen LogP contribution in [0.2, 0.25) is 5.02 Å². The van der Waals surface area contributed by atoms with E-state index in [1.807, 2.05) is 6.07 Å². The quantitative estimate of drug-likeness (QED) is 0.808. The molecule has 0 bridgehead atoms. The highest BCUT2D eigenvalue weighted by atomic mass is 35.5. The van der Waals surface area contributed by atoms with Gasteiger partial charge in [0.05, 0.1) is 0 Å². The zero-order chi connectivity index (χ0) is 12.7. The Hall–Kier alpha value is -0.570. The number of halogens is 1. The van der Waals surface area contributed by atoms with Gasteiger partial charge in [-0.05, 0) is 36.7 Å². The van der Waals surface area contributed by atoms with Gasteiger partial charge in [0.1, 0.15) is 0 Å². The Balaban J connectivity index is 2.65. The molecule has 0 heterocycles. The minimum absolute atomic E-state index is 0.549. The van der Waals surface area contributed by atoms with E-state index in [0.717, 1.165) is 30.2 Å². The van der Waals surface area contributed by atoms with Crippen LogP contribution in [0.3, 0.4) is 0 Å². The number of hydrogen-bond donors (Lipinski definition) is 1. The van der Waals surface area contributed by atoms with Crippen molar-refractivity contribution in [2.24, 2.45) is 5.73 Å². The Labute approximate surface area is 110 Å². The Morgan fingerprint density at radius 3 is 2.59 bits per heavy atom. The summed E-state index contributed by atoms with van der Waals surface area (Å²) in [5.41, 5.74) is 7.88. The summed E-state index contributed by atoms with van der Waals surface area (Å²) < 4.78 is 0. The third kappa shape index (κ3) is 4.66. The van der Waals surface area contributed by atoms with Crippen molar-refractivity contribution in [1.82, 2.24) is 4.90 Å². The minimum atomic E-state index is 0.549. The fraction of sp³-hybridized carbons (Fsp3) is 0.571. The largest absolute Gasteiger partial charge is 0.326 e. The van der Waals surface area contributed by atoms with E-state index in [9.17, 15) is 0 Å². The molecule has 0 atom stereocenters. The molecule has 0 saturated carbocycles. The third-order valence-corrected chi connectivity index (χ3v) is 3.37. The number of hydrogen-bond acceptors (Lipinski definition) is 2. The SMILES string of the molecule is CCCCN(CC)Cc1ccc(CN)cc1Cl. The molecular formula is C14H23ClN2. The molecule has 1 rings (SSSR count). The lowest BCUT2D eigenvalue weighted by Gasteiger charge is -2.21. The van der Waals surface area contributed by atoms with Gasteiger partial charge in [0.2, 0.25) is 0 Å². The second-order valence-electron chi connectivity index (χ2n) is 4.35. The Morgan fingerprint density at radius 1 is 1.29 bits per heavy atom. The second-order valence-corrected chi connectivity index (χ2v) is 4.76. The van der Waals surface area contributed by atoms with Crippen LogP contribution in [0, 0.1) is 0 Å². The molecule has 0 aromatic heterocycles. The standard InChI is InChI=1S/C14H23ClN2/c1-3-5-8-17(4-2)11-13-7-6-12(10-16)9-14(13)15/h6-7,9H,3-5,8,10-11,16H2,1-2H3. The molecule has 2 N–H and O–H groups in total. The summed E-state index contributed by atoms with van der Waals surface area (Å²) >= 11 is 6.26. The highest BCUT2D eigenvalue weighted by Gasteiger charge is 2.06. The first-order chi connectivity index (χ1) is 8.21. The van der Waals surface area contributed by atoms with Crippen LogP contribution in [-0.2, 0) is 13.1 Å². The maximum absolute atomic E-state index is 6.26. The molecule has 0 saturated heterocycles. The predicted molar refractivity (Wildman–Crippen MR) is 75.2 cm³/mol. The predicted octanol–water partition coefficient (Wildman–Crippen LogP) is 3.42. The zero-order valence-electron chi connectivity index (χ0n) is 10.9. The molecule has 0 aliphatic heterocycles. The molecule has 0 unspecified atom stereocenters. The van der Waals surface area contributed by atoms with Gasteiger partial charge in [0, 0.05) is 18.1 Å². The molecule has 1 aromatic rings. The number of unbranched alkanes of at least 4 members (excludes halogenated alkanes) is 1. The first kappa shape index (κ1) is 14.5. The van der Waals surface area contributed by atoms with E-state index in [0.29, 0.717) is 6.54 Å². The average Bonchev–Trinajstić information content (AvgIpc) is 2.36. The van der Waals surface area contributed by atoms with E-state index in [1.165, 1.54) is 18.4 Å². The van der Waals surface area contributed by atoms with Gasteiger partial charge in [0.15, 0.2) is 0 Å². The van der Waals surface area contributed by atoms with Gasteiger partial charge in [-0.1, -0.05) is 44.0 Å². The summed E-state index contributed by atoms with van der Waals surface area (Å²) in [6.45, 7) is 8.10. The van der Waals surface area contributed by atoms with Gasteiger partial charge in [-0.2, -0.15) is 0 Å². The molecule has 2 nitrogen and oxygen atoms in total. The van der Waals surface area contributed by atoms with Crippen molar-refractivity contribution >= 4 is 11.6 Å². The van der Waals surface area contributed by atoms with Crippen molar-refractivity contribution < 1.29 is 0 Å². The average molecular weight is 255 g/mol. The molecule has 0 aliphatic rings. The van der Waals surface area contributed by atoms with E-state index in [4.69, 9.17) is 17.3 Å². The summed E-state index contributed by atoms with van der Waals surface area (Å²) in [6.07, 6.45) is 2.47.